The molecule has 3 nitrogen and oxygen atoms in total. The molecule has 2 aromatic rings. The number of benzene rings is 1. The van der Waals surface area contributed by atoms with Crippen LogP contribution in [0.3, 0.4) is 0 Å². The van der Waals surface area contributed by atoms with Crippen LogP contribution < -0.4 is 0 Å². The molecule has 0 bridgehead atoms. The fourth-order valence-electron chi connectivity index (χ4n) is 1.28. The van der Waals surface area contributed by atoms with Crippen molar-refractivity contribution in [1.29, 1.82) is 0 Å². The second-order valence-electron chi connectivity index (χ2n) is 3.21. The lowest BCUT2D eigenvalue weighted by atomic mass is 10.3. The van der Waals surface area contributed by atoms with Gasteiger partial charge < -0.3 is 5.11 Å². The number of hydrogen-bond acceptors (Lipinski definition) is 3. The Morgan fingerprint density at radius 3 is 2.71 bits per heavy atom. The van der Waals surface area contributed by atoms with E-state index in [0.29, 0.717) is 4.90 Å². The van der Waals surface area contributed by atoms with E-state index in [9.17, 15) is 4.79 Å². The number of carboxylic acid groups (broad SMARTS) is 1. The second kappa shape index (κ2) is 5.33. The van der Waals surface area contributed by atoms with Gasteiger partial charge in [0, 0.05) is 26.7 Å². The van der Waals surface area contributed by atoms with Crippen LogP contribution in [0.2, 0.25) is 0 Å². The Balaban J connectivity index is 2.37. The van der Waals surface area contributed by atoms with Crippen molar-refractivity contribution in [2.24, 2.45) is 0 Å². The van der Waals surface area contributed by atoms with Gasteiger partial charge >= 0.3 is 5.97 Å². The number of aromatic carboxylic acids is 1. The standard InChI is InChI=1S/C12H8BrNO2S/c13-9-3-1-2-4-10(9)17-11-7-14-6-5-8(11)12(15)16/h1-7H,(H,15,16). The molecule has 0 amide bonds. The van der Waals surface area contributed by atoms with E-state index in [1.807, 2.05) is 24.3 Å². The average Bonchev–Trinajstić information content (AvgIpc) is 2.32. The smallest absolute Gasteiger partial charge is 0.336 e. The molecule has 0 saturated carbocycles. The first-order valence-corrected chi connectivity index (χ1v) is 6.39. The van der Waals surface area contributed by atoms with Gasteiger partial charge in [-0.05, 0) is 34.1 Å². The van der Waals surface area contributed by atoms with Crippen LogP contribution >= 0.6 is 27.7 Å². The fourth-order valence-corrected chi connectivity index (χ4v) is 2.74. The molecular weight excluding hydrogens is 302 g/mol. The van der Waals surface area contributed by atoms with Crippen LogP contribution in [-0.4, -0.2) is 16.1 Å². The summed E-state index contributed by atoms with van der Waals surface area (Å²) >= 11 is 4.81. The van der Waals surface area contributed by atoms with E-state index in [0.717, 1.165) is 9.37 Å². The summed E-state index contributed by atoms with van der Waals surface area (Å²) in [6.45, 7) is 0. The SMILES string of the molecule is O=C(O)c1ccncc1Sc1ccccc1Br. The molecule has 17 heavy (non-hydrogen) atoms. The van der Waals surface area contributed by atoms with E-state index in [-0.39, 0.29) is 5.56 Å². The molecule has 0 saturated heterocycles. The number of halogens is 1. The van der Waals surface area contributed by atoms with E-state index in [4.69, 9.17) is 5.11 Å². The van der Waals surface area contributed by atoms with Gasteiger partial charge in [-0.2, -0.15) is 0 Å². The van der Waals surface area contributed by atoms with Gasteiger partial charge in [0.1, 0.15) is 0 Å². The number of carbonyl (C=O) groups is 1. The fraction of sp³-hybridized carbons (Fsp3) is 0. The quantitative estimate of drug-likeness (QED) is 0.939. The normalized spacial score (nSPS) is 10.2. The number of carboxylic acids is 1. The minimum Gasteiger partial charge on any atom is -0.478 e. The number of aromatic nitrogens is 1. The number of nitrogens with zero attached hydrogens (tertiary/aromatic N) is 1. The van der Waals surface area contributed by atoms with Crippen molar-refractivity contribution in [1.82, 2.24) is 4.98 Å². The minimum absolute atomic E-state index is 0.265. The van der Waals surface area contributed by atoms with Gasteiger partial charge in [0.15, 0.2) is 0 Å². The topological polar surface area (TPSA) is 50.2 Å². The molecule has 2 rings (SSSR count). The predicted octanol–water partition coefficient (Wildman–Crippen LogP) is 3.69. The van der Waals surface area contributed by atoms with Crippen molar-refractivity contribution >= 4 is 33.7 Å². The average molecular weight is 310 g/mol. The first-order chi connectivity index (χ1) is 8.18. The largest absolute Gasteiger partial charge is 0.478 e. The van der Waals surface area contributed by atoms with Crippen LogP contribution in [0.5, 0.6) is 0 Å². The Morgan fingerprint density at radius 2 is 2.00 bits per heavy atom. The molecule has 0 aliphatic rings. The molecule has 0 radical (unpaired) electrons. The second-order valence-corrected chi connectivity index (χ2v) is 5.15. The number of rotatable bonds is 3. The van der Waals surface area contributed by atoms with Gasteiger partial charge in [-0.15, -0.1) is 0 Å². The molecule has 0 fully saturated rings. The van der Waals surface area contributed by atoms with Crippen LogP contribution in [-0.2, 0) is 0 Å². The highest BCUT2D eigenvalue weighted by molar-refractivity contribution is 9.10. The van der Waals surface area contributed by atoms with Crippen molar-refractivity contribution < 1.29 is 9.90 Å². The number of pyridine rings is 1. The van der Waals surface area contributed by atoms with Gasteiger partial charge in [-0.3, -0.25) is 4.98 Å². The van der Waals surface area contributed by atoms with Gasteiger partial charge in [0.05, 0.1) is 5.56 Å². The molecule has 1 N–H and O–H groups in total. The van der Waals surface area contributed by atoms with Gasteiger partial charge in [0.25, 0.3) is 0 Å². The summed E-state index contributed by atoms with van der Waals surface area (Å²) in [4.78, 5) is 16.6. The van der Waals surface area contributed by atoms with E-state index in [1.54, 1.807) is 6.20 Å². The molecular formula is C12H8BrNO2S. The van der Waals surface area contributed by atoms with Crippen LogP contribution in [0, 0.1) is 0 Å². The van der Waals surface area contributed by atoms with Crippen molar-refractivity contribution in [3.63, 3.8) is 0 Å². The maximum Gasteiger partial charge on any atom is 0.336 e. The van der Waals surface area contributed by atoms with Crippen LogP contribution in [0.25, 0.3) is 0 Å². The summed E-state index contributed by atoms with van der Waals surface area (Å²) in [7, 11) is 0. The molecule has 0 spiro atoms. The van der Waals surface area contributed by atoms with Crippen molar-refractivity contribution in [2.45, 2.75) is 9.79 Å². The highest BCUT2D eigenvalue weighted by Crippen LogP contribution is 2.34. The summed E-state index contributed by atoms with van der Waals surface area (Å²) in [5, 5.41) is 9.06. The first-order valence-electron chi connectivity index (χ1n) is 4.78. The van der Waals surface area contributed by atoms with Gasteiger partial charge in [-0.25, -0.2) is 4.79 Å². The third kappa shape index (κ3) is 2.87. The number of hydrogen-bond donors (Lipinski definition) is 1. The molecule has 1 aromatic heterocycles. The monoisotopic (exact) mass is 309 g/mol. The zero-order valence-corrected chi connectivity index (χ0v) is 11.0. The molecule has 86 valence electrons. The van der Waals surface area contributed by atoms with Gasteiger partial charge in [0.2, 0.25) is 0 Å². The lowest BCUT2D eigenvalue weighted by Crippen LogP contribution is -1.98. The zero-order chi connectivity index (χ0) is 12.3. The third-order valence-electron chi connectivity index (χ3n) is 2.07. The van der Waals surface area contributed by atoms with E-state index in [2.05, 4.69) is 20.9 Å². The Kier molecular flexibility index (Phi) is 3.81. The predicted molar refractivity (Wildman–Crippen MR) is 69.5 cm³/mol. The van der Waals surface area contributed by atoms with Crippen LogP contribution in [0.1, 0.15) is 10.4 Å². The highest BCUT2D eigenvalue weighted by Gasteiger charge is 2.11. The summed E-state index contributed by atoms with van der Waals surface area (Å²) < 4.78 is 0.935. The van der Waals surface area contributed by atoms with E-state index >= 15 is 0 Å². The Bertz CT molecular complexity index is 560. The molecule has 0 aliphatic carbocycles. The van der Waals surface area contributed by atoms with E-state index in [1.165, 1.54) is 24.0 Å². The summed E-state index contributed by atoms with van der Waals surface area (Å²) in [5.74, 6) is -0.943. The maximum atomic E-state index is 11.0. The maximum absolute atomic E-state index is 11.0. The summed E-state index contributed by atoms with van der Waals surface area (Å²) in [6.07, 6.45) is 3.04. The Labute approximate surface area is 111 Å². The van der Waals surface area contributed by atoms with Crippen molar-refractivity contribution in [3.8, 4) is 0 Å². The van der Waals surface area contributed by atoms with Gasteiger partial charge in [-0.1, -0.05) is 23.9 Å². The van der Waals surface area contributed by atoms with Crippen molar-refractivity contribution in [3.05, 3.63) is 52.8 Å². The van der Waals surface area contributed by atoms with E-state index < -0.39 is 5.97 Å². The molecule has 1 heterocycles. The molecule has 0 aliphatic heterocycles. The molecule has 5 heteroatoms. The molecule has 0 unspecified atom stereocenters. The van der Waals surface area contributed by atoms with Crippen LogP contribution in [0.15, 0.2) is 57.0 Å². The van der Waals surface area contributed by atoms with Crippen molar-refractivity contribution in [2.75, 3.05) is 0 Å². The zero-order valence-electron chi connectivity index (χ0n) is 8.63. The third-order valence-corrected chi connectivity index (χ3v) is 4.15. The lowest BCUT2D eigenvalue weighted by molar-refractivity contribution is 0.0693. The Hall–Kier alpha value is -1.33. The summed E-state index contributed by atoms with van der Waals surface area (Å²) in [6, 6.07) is 9.16. The summed E-state index contributed by atoms with van der Waals surface area (Å²) in [5.41, 5.74) is 0.265. The molecule has 1 aromatic carbocycles. The lowest BCUT2D eigenvalue weighted by Gasteiger charge is -2.06. The highest BCUT2D eigenvalue weighted by atomic mass is 79.9. The van der Waals surface area contributed by atoms with Crippen LogP contribution in [0.4, 0.5) is 0 Å². The molecule has 0 atom stereocenters. The Morgan fingerprint density at radius 1 is 1.24 bits per heavy atom. The first kappa shape index (κ1) is 12.1. The minimum atomic E-state index is -0.943.